The molecule has 0 amide bonds. The van der Waals surface area contributed by atoms with Gasteiger partial charge in [-0.3, -0.25) is 4.79 Å². The molecule has 0 radical (unpaired) electrons. The van der Waals surface area contributed by atoms with E-state index < -0.39 is 0 Å². The molecule has 0 unspecified atom stereocenters. The molecule has 2 aromatic rings. The highest BCUT2D eigenvalue weighted by Gasteiger charge is 2.08. The molecule has 0 saturated carbocycles. The molecule has 0 atom stereocenters. The van der Waals surface area contributed by atoms with Crippen LogP contribution >= 0.6 is 0 Å². The molecule has 0 saturated heterocycles. The highest BCUT2D eigenvalue weighted by atomic mass is 16.1. The quantitative estimate of drug-likeness (QED) is 0.752. The topological polar surface area (TPSA) is 48.0 Å². The number of aryl methyl sites for hydroxylation is 2. The molecule has 2 N–H and O–H groups in total. The van der Waals surface area contributed by atoms with E-state index in [4.69, 9.17) is 5.73 Å². The Balaban J connectivity index is 2.68. The van der Waals surface area contributed by atoms with E-state index in [1.807, 2.05) is 38.4 Å². The lowest BCUT2D eigenvalue weighted by Gasteiger charge is -2.04. The predicted octanol–water partition coefficient (Wildman–Crippen LogP) is 1.63. The van der Waals surface area contributed by atoms with Gasteiger partial charge in [-0.2, -0.15) is 0 Å². The first-order valence-electron chi connectivity index (χ1n) is 4.92. The second-order valence-corrected chi connectivity index (χ2v) is 3.78. The minimum atomic E-state index is -0.0103. The first-order chi connectivity index (χ1) is 7.13. The van der Waals surface area contributed by atoms with Crippen LogP contribution in [0.3, 0.4) is 0 Å². The van der Waals surface area contributed by atoms with Crippen LogP contribution in [-0.4, -0.2) is 16.9 Å². The summed E-state index contributed by atoms with van der Waals surface area (Å²) in [4.78, 5) is 11.5. The van der Waals surface area contributed by atoms with Gasteiger partial charge in [-0.15, -0.1) is 0 Å². The van der Waals surface area contributed by atoms with E-state index in [1.165, 1.54) is 5.52 Å². The molecule has 1 aromatic carbocycles. The van der Waals surface area contributed by atoms with Gasteiger partial charge in [0.2, 0.25) is 0 Å². The lowest BCUT2D eigenvalue weighted by atomic mass is 10.0. The summed E-state index contributed by atoms with van der Waals surface area (Å²) in [5.41, 5.74) is 8.33. The van der Waals surface area contributed by atoms with Crippen molar-refractivity contribution >= 4 is 16.7 Å². The Morgan fingerprint density at radius 1 is 1.47 bits per heavy atom. The number of carbonyl (C=O) groups is 1. The lowest BCUT2D eigenvalue weighted by Crippen LogP contribution is -2.13. The van der Waals surface area contributed by atoms with Crippen LogP contribution in [0.4, 0.5) is 0 Å². The van der Waals surface area contributed by atoms with E-state index in [1.54, 1.807) is 0 Å². The fourth-order valence-corrected chi connectivity index (χ4v) is 1.96. The highest BCUT2D eigenvalue weighted by Crippen LogP contribution is 2.21. The van der Waals surface area contributed by atoms with Crippen LogP contribution < -0.4 is 5.73 Å². The van der Waals surface area contributed by atoms with Gasteiger partial charge in [-0.1, -0.05) is 0 Å². The van der Waals surface area contributed by atoms with Gasteiger partial charge in [-0.05, 0) is 30.7 Å². The summed E-state index contributed by atoms with van der Waals surface area (Å²) in [6.45, 7) is 2.08. The van der Waals surface area contributed by atoms with E-state index in [0.29, 0.717) is 5.56 Å². The van der Waals surface area contributed by atoms with Crippen LogP contribution in [0.25, 0.3) is 10.9 Å². The number of aromatic nitrogens is 1. The third-order valence-electron chi connectivity index (χ3n) is 2.67. The van der Waals surface area contributed by atoms with Crippen molar-refractivity contribution in [1.29, 1.82) is 0 Å². The molecule has 0 aliphatic rings. The SMILES string of the molecule is Cc1cc(C(=O)CN)cc2ccn(C)c12. The van der Waals surface area contributed by atoms with Crippen molar-refractivity contribution in [1.82, 2.24) is 4.57 Å². The average Bonchev–Trinajstić information content (AvgIpc) is 2.59. The number of rotatable bonds is 2. The normalized spacial score (nSPS) is 10.9. The fraction of sp³-hybridized carbons (Fsp3) is 0.250. The molecule has 2 rings (SSSR count). The van der Waals surface area contributed by atoms with Gasteiger partial charge in [0.1, 0.15) is 0 Å². The van der Waals surface area contributed by atoms with Crippen LogP contribution in [-0.2, 0) is 7.05 Å². The first kappa shape index (κ1) is 9.93. The summed E-state index contributed by atoms with van der Waals surface area (Å²) in [6.07, 6.45) is 1.99. The molecule has 3 nitrogen and oxygen atoms in total. The monoisotopic (exact) mass is 202 g/mol. The number of Topliss-reactive ketones (excluding diaryl/α,β-unsaturated/α-hetero) is 1. The standard InChI is InChI=1S/C12H14N2O/c1-8-5-10(11(15)7-13)6-9-3-4-14(2)12(8)9/h3-6H,7,13H2,1-2H3. The Bertz CT molecular complexity index is 526. The van der Waals surface area contributed by atoms with Gasteiger partial charge < -0.3 is 10.3 Å². The lowest BCUT2D eigenvalue weighted by molar-refractivity contribution is 0.100. The maximum atomic E-state index is 11.5. The summed E-state index contributed by atoms with van der Waals surface area (Å²) < 4.78 is 2.06. The smallest absolute Gasteiger partial charge is 0.176 e. The zero-order valence-electron chi connectivity index (χ0n) is 8.95. The van der Waals surface area contributed by atoms with Crippen LogP contribution in [0.15, 0.2) is 24.4 Å². The molecular weight excluding hydrogens is 188 g/mol. The molecule has 0 aliphatic carbocycles. The van der Waals surface area contributed by atoms with Crippen molar-refractivity contribution in [3.63, 3.8) is 0 Å². The van der Waals surface area contributed by atoms with Gasteiger partial charge in [0.15, 0.2) is 5.78 Å². The Hall–Kier alpha value is -1.61. The number of hydrogen-bond acceptors (Lipinski definition) is 2. The Kier molecular flexibility index (Phi) is 2.32. The molecule has 0 bridgehead atoms. The van der Waals surface area contributed by atoms with Crippen molar-refractivity contribution in [3.05, 3.63) is 35.5 Å². The zero-order chi connectivity index (χ0) is 11.0. The Morgan fingerprint density at radius 3 is 2.87 bits per heavy atom. The first-order valence-corrected chi connectivity index (χ1v) is 4.92. The van der Waals surface area contributed by atoms with E-state index in [9.17, 15) is 4.79 Å². The molecular formula is C12H14N2O. The van der Waals surface area contributed by atoms with Gasteiger partial charge >= 0.3 is 0 Å². The van der Waals surface area contributed by atoms with Crippen molar-refractivity contribution in [3.8, 4) is 0 Å². The van der Waals surface area contributed by atoms with Gasteiger partial charge in [0, 0.05) is 24.2 Å². The minimum Gasteiger partial charge on any atom is -0.350 e. The van der Waals surface area contributed by atoms with E-state index in [2.05, 4.69) is 4.57 Å². The van der Waals surface area contributed by atoms with Crippen LogP contribution in [0.5, 0.6) is 0 Å². The highest BCUT2D eigenvalue weighted by molar-refractivity contribution is 6.01. The molecule has 1 heterocycles. The second-order valence-electron chi connectivity index (χ2n) is 3.78. The minimum absolute atomic E-state index is 0.0103. The van der Waals surface area contributed by atoms with E-state index >= 15 is 0 Å². The van der Waals surface area contributed by atoms with Crippen molar-refractivity contribution < 1.29 is 4.79 Å². The molecule has 0 spiro atoms. The van der Waals surface area contributed by atoms with Crippen molar-refractivity contribution in [2.45, 2.75) is 6.92 Å². The number of hydrogen-bond donors (Lipinski definition) is 1. The number of nitrogens with zero attached hydrogens (tertiary/aromatic N) is 1. The Morgan fingerprint density at radius 2 is 2.20 bits per heavy atom. The number of ketones is 1. The fourth-order valence-electron chi connectivity index (χ4n) is 1.96. The van der Waals surface area contributed by atoms with Crippen LogP contribution in [0.1, 0.15) is 15.9 Å². The number of carbonyl (C=O) groups excluding carboxylic acids is 1. The molecule has 1 aromatic heterocycles. The number of benzene rings is 1. The molecule has 0 aliphatic heterocycles. The summed E-state index contributed by atoms with van der Waals surface area (Å²) in [6, 6.07) is 5.81. The van der Waals surface area contributed by atoms with Gasteiger partial charge in [0.25, 0.3) is 0 Å². The number of fused-ring (bicyclic) bond motifs is 1. The van der Waals surface area contributed by atoms with Crippen molar-refractivity contribution in [2.75, 3.05) is 6.54 Å². The van der Waals surface area contributed by atoms with Gasteiger partial charge in [0.05, 0.1) is 12.1 Å². The molecule has 15 heavy (non-hydrogen) atoms. The Labute approximate surface area is 88.5 Å². The largest absolute Gasteiger partial charge is 0.350 e. The molecule has 0 fully saturated rings. The second kappa shape index (κ2) is 3.51. The van der Waals surface area contributed by atoms with Crippen LogP contribution in [0.2, 0.25) is 0 Å². The predicted molar refractivity (Wildman–Crippen MR) is 61.0 cm³/mol. The maximum absolute atomic E-state index is 11.5. The third kappa shape index (κ3) is 1.55. The molecule has 78 valence electrons. The summed E-state index contributed by atoms with van der Waals surface area (Å²) in [5, 5.41) is 1.09. The van der Waals surface area contributed by atoms with Crippen molar-refractivity contribution in [2.24, 2.45) is 12.8 Å². The zero-order valence-corrected chi connectivity index (χ0v) is 8.95. The third-order valence-corrected chi connectivity index (χ3v) is 2.67. The summed E-state index contributed by atoms with van der Waals surface area (Å²) >= 11 is 0. The van der Waals surface area contributed by atoms with Gasteiger partial charge in [-0.25, -0.2) is 0 Å². The average molecular weight is 202 g/mol. The maximum Gasteiger partial charge on any atom is 0.176 e. The van der Waals surface area contributed by atoms with E-state index in [0.717, 1.165) is 10.9 Å². The number of nitrogens with two attached hydrogens (primary N) is 1. The summed E-state index contributed by atoms with van der Waals surface area (Å²) in [5.74, 6) is -0.0103. The summed E-state index contributed by atoms with van der Waals surface area (Å²) in [7, 11) is 2.00. The van der Waals surface area contributed by atoms with E-state index in [-0.39, 0.29) is 12.3 Å². The molecule has 3 heteroatoms. The van der Waals surface area contributed by atoms with Crippen LogP contribution in [0, 0.1) is 6.92 Å².